The first kappa shape index (κ1) is 18.8. The summed E-state index contributed by atoms with van der Waals surface area (Å²) in [7, 11) is 1.45. The lowest BCUT2D eigenvalue weighted by molar-refractivity contribution is -0.149. The Morgan fingerprint density at radius 1 is 1.22 bits per heavy atom. The van der Waals surface area contributed by atoms with E-state index in [1.807, 2.05) is 0 Å². The van der Waals surface area contributed by atoms with Gasteiger partial charge in [0.1, 0.15) is 22.9 Å². The highest BCUT2D eigenvalue weighted by molar-refractivity contribution is 5.98. The maximum atomic E-state index is 14.7. The number of rotatable bonds is 4. The second-order valence-electron chi connectivity index (χ2n) is 6.42. The molecule has 1 N–H and O–H groups in total. The van der Waals surface area contributed by atoms with Crippen molar-refractivity contribution in [1.29, 1.82) is 0 Å². The van der Waals surface area contributed by atoms with E-state index in [9.17, 15) is 18.4 Å². The van der Waals surface area contributed by atoms with Crippen LogP contribution in [0.15, 0.2) is 30.6 Å². The van der Waals surface area contributed by atoms with Crippen LogP contribution in [0.3, 0.4) is 0 Å². The molecular formula is C19H19F2N3O3. The maximum Gasteiger partial charge on any atom is 0.253 e. The number of methoxy groups -OCH3 is 1. The van der Waals surface area contributed by atoms with Gasteiger partial charge in [0.15, 0.2) is 0 Å². The first-order chi connectivity index (χ1) is 12.8. The third-order valence-electron chi connectivity index (χ3n) is 4.68. The summed E-state index contributed by atoms with van der Waals surface area (Å²) in [6.45, 7) is 3.35. The molecule has 1 aromatic carbocycles. The van der Waals surface area contributed by atoms with E-state index in [0.29, 0.717) is 23.9 Å². The number of amides is 2. The first-order valence-corrected chi connectivity index (χ1v) is 8.39. The monoisotopic (exact) mass is 375 g/mol. The quantitative estimate of drug-likeness (QED) is 0.890. The summed E-state index contributed by atoms with van der Waals surface area (Å²) < 4.78 is 34.2. The third-order valence-corrected chi connectivity index (χ3v) is 4.68. The number of nitrogens with one attached hydrogen (secondary N) is 1. The van der Waals surface area contributed by atoms with Crippen molar-refractivity contribution >= 4 is 11.8 Å². The number of aromatic nitrogens is 1. The van der Waals surface area contributed by atoms with Gasteiger partial charge in [-0.1, -0.05) is 0 Å². The van der Waals surface area contributed by atoms with Gasteiger partial charge in [0.25, 0.3) is 5.91 Å². The average molecular weight is 375 g/mol. The van der Waals surface area contributed by atoms with Gasteiger partial charge in [-0.2, -0.15) is 0 Å². The molecule has 142 valence electrons. The molecule has 1 aliphatic heterocycles. The van der Waals surface area contributed by atoms with E-state index in [2.05, 4.69) is 10.3 Å². The highest BCUT2D eigenvalue weighted by Gasteiger charge is 2.45. The highest BCUT2D eigenvalue weighted by atomic mass is 19.1. The first-order valence-electron chi connectivity index (χ1n) is 8.39. The van der Waals surface area contributed by atoms with Gasteiger partial charge in [-0.3, -0.25) is 14.6 Å². The molecule has 1 saturated heterocycles. The smallest absolute Gasteiger partial charge is 0.253 e. The van der Waals surface area contributed by atoms with Gasteiger partial charge in [0.2, 0.25) is 5.91 Å². The second-order valence-corrected chi connectivity index (χ2v) is 6.42. The Balaban J connectivity index is 2.16. The lowest BCUT2D eigenvalue weighted by Gasteiger charge is -2.39. The van der Waals surface area contributed by atoms with Crippen LogP contribution in [0.1, 0.15) is 19.4 Å². The summed E-state index contributed by atoms with van der Waals surface area (Å²) in [5.41, 5.74) is -1.34. The average Bonchev–Trinajstić information content (AvgIpc) is 2.64. The maximum absolute atomic E-state index is 14.7. The van der Waals surface area contributed by atoms with Crippen LogP contribution in [-0.4, -0.2) is 41.9 Å². The molecular weight excluding hydrogens is 356 g/mol. The van der Waals surface area contributed by atoms with Crippen LogP contribution in [-0.2, 0) is 15.1 Å². The third kappa shape index (κ3) is 3.22. The molecule has 0 saturated carbocycles. The lowest BCUT2D eigenvalue weighted by atomic mass is 9.86. The van der Waals surface area contributed by atoms with Gasteiger partial charge in [-0.25, -0.2) is 8.78 Å². The van der Waals surface area contributed by atoms with E-state index in [4.69, 9.17) is 4.74 Å². The van der Waals surface area contributed by atoms with Crippen LogP contribution in [0, 0.1) is 11.6 Å². The summed E-state index contributed by atoms with van der Waals surface area (Å²) in [6, 6.07) is 3.49. The van der Waals surface area contributed by atoms with E-state index in [0.717, 1.165) is 0 Å². The van der Waals surface area contributed by atoms with Crippen molar-refractivity contribution in [2.24, 2.45) is 0 Å². The van der Waals surface area contributed by atoms with E-state index < -0.39 is 29.0 Å². The molecule has 1 fully saturated rings. The molecule has 0 spiro atoms. The SMILES string of the molecule is CCN1CC(=O)NC(C)(c2cc(-c3cncc(OC)c3)c(F)cc2F)C1=O. The van der Waals surface area contributed by atoms with Crippen LogP contribution < -0.4 is 10.1 Å². The van der Waals surface area contributed by atoms with Gasteiger partial charge in [0.05, 0.1) is 19.9 Å². The second kappa shape index (κ2) is 6.94. The topological polar surface area (TPSA) is 71.5 Å². The molecule has 1 aliphatic rings. The minimum Gasteiger partial charge on any atom is -0.495 e. The molecule has 3 rings (SSSR count). The number of benzene rings is 1. The standard InChI is InChI=1S/C19H19F2N3O3/c1-4-24-10-17(25)23-19(2,18(24)26)14-6-13(15(20)7-16(14)21)11-5-12(27-3)9-22-8-11/h5-9H,4,10H2,1-3H3,(H,23,25). The lowest BCUT2D eigenvalue weighted by Crippen LogP contribution is -2.63. The minimum atomic E-state index is -1.63. The number of ether oxygens (including phenoxy) is 1. The molecule has 1 unspecified atom stereocenters. The summed E-state index contributed by atoms with van der Waals surface area (Å²) in [5.74, 6) is -2.18. The van der Waals surface area contributed by atoms with Gasteiger partial charge in [0, 0.05) is 35.5 Å². The van der Waals surface area contributed by atoms with Crippen molar-refractivity contribution < 1.29 is 23.1 Å². The van der Waals surface area contributed by atoms with E-state index >= 15 is 0 Å². The van der Waals surface area contributed by atoms with Crippen LogP contribution in [0.5, 0.6) is 5.75 Å². The molecule has 0 aliphatic carbocycles. The van der Waals surface area contributed by atoms with Crippen LogP contribution in [0.4, 0.5) is 8.78 Å². The Kier molecular flexibility index (Phi) is 4.82. The van der Waals surface area contributed by atoms with Crippen LogP contribution in [0.2, 0.25) is 0 Å². The van der Waals surface area contributed by atoms with E-state index in [1.165, 1.54) is 37.4 Å². The zero-order chi connectivity index (χ0) is 19.8. The molecule has 0 radical (unpaired) electrons. The minimum absolute atomic E-state index is 0.0506. The number of carbonyl (C=O) groups is 2. The molecule has 8 heteroatoms. The number of pyridine rings is 1. The summed E-state index contributed by atoms with van der Waals surface area (Å²) in [6.07, 6.45) is 2.86. The fourth-order valence-electron chi connectivity index (χ4n) is 3.20. The van der Waals surface area contributed by atoms with Crippen LogP contribution in [0.25, 0.3) is 11.1 Å². The zero-order valence-corrected chi connectivity index (χ0v) is 15.2. The molecule has 1 atom stereocenters. The van der Waals surface area contributed by atoms with Crippen molar-refractivity contribution in [3.63, 3.8) is 0 Å². The van der Waals surface area contributed by atoms with Crippen molar-refractivity contribution in [1.82, 2.24) is 15.2 Å². The molecule has 2 amide bonds. The van der Waals surface area contributed by atoms with Gasteiger partial charge in [-0.15, -0.1) is 0 Å². The number of carbonyl (C=O) groups excluding carboxylic acids is 2. The highest BCUT2D eigenvalue weighted by Crippen LogP contribution is 2.34. The Hall–Kier alpha value is -3.03. The van der Waals surface area contributed by atoms with E-state index in [1.54, 1.807) is 13.0 Å². The Labute approximate surface area is 155 Å². The molecule has 6 nitrogen and oxygen atoms in total. The predicted octanol–water partition coefficient (Wildman–Crippen LogP) is 2.23. The number of hydrogen-bond acceptors (Lipinski definition) is 4. The molecule has 27 heavy (non-hydrogen) atoms. The number of nitrogens with zero attached hydrogens (tertiary/aromatic N) is 2. The van der Waals surface area contributed by atoms with Crippen molar-refractivity contribution in [3.05, 3.63) is 47.8 Å². The number of likely N-dealkylation sites (N-methyl/N-ethyl adjacent to an activating group) is 1. The largest absolute Gasteiger partial charge is 0.495 e. The molecule has 1 aromatic heterocycles. The summed E-state index contributed by atoms with van der Waals surface area (Å²) in [5, 5.41) is 2.55. The van der Waals surface area contributed by atoms with Crippen molar-refractivity contribution in [3.8, 4) is 16.9 Å². The predicted molar refractivity (Wildman–Crippen MR) is 93.9 cm³/mol. The van der Waals surface area contributed by atoms with Crippen LogP contribution >= 0.6 is 0 Å². The number of hydrogen-bond donors (Lipinski definition) is 1. The molecule has 2 heterocycles. The van der Waals surface area contributed by atoms with Gasteiger partial charge >= 0.3 is 0 Å². The summed E-state index contributed by atoms with van der Waals surface area (Å²) >= 11 is 0. The summed E-state index contributed by atoms with van der Waals surface area (Å²) in [4.78, 5) is 30.2. The van der Waals surface area contributed by atoms with E-state index in [-0.39, 0.29) is 17.7 Å². The van der Waals surface area contributed by atoms with Gasteiger partial charge in [-0.05, 0) is 26.0 Å². The molecule has 0 bridgehead atoms. The van der Waals surface area contributed by atoms with Crippen molar-refractivity contribution in [2.45, 2.75) is 19.4 Å². The Bertz CT molecular complexity index is 919. The normalized spacial score (nSPS) is 19.8. The number of piperazine rings is 1. The fraction of sp³-hybridized carbons (Fsp3) is 0.316. The Morgan fingerprint density at radius 2 is 1.96 bits per heavy atom. The number of halogens is 2. The molecule has 2 aromatic rings. The van der Waals surface area contributed by atoms with Crippen molar-refractivity contribution in [2.75, 3.05) is 20.2 Å². The zero-order valence-electron chi connectivity index (χ0n) is 15.2. The fourth-order valence-corrected chi connectivity index (χ4v) is 3.20. The van der Waals surface area contributed by atoms with Gasteiger partial charge < -0.3 is 15.0 Å². The Morgan fingerprint density at radius 3 is 2.63 bits per heavy atom.